The Bertz CT molecular complexity index is 2390. The maximum absolute atomic E-state index is 9.23. The van der Waals surface area contributed by atoms with E-state index in [1.807, 2.05) is 0 Å². The normalized spacial score (nSPS) is 25.7. The molecule has 10 rings (SSSR count). The van der Waals surface area contributed by atoms with Crippen molar-refractivity contribution >= 4 is 18.7 Å². The number of hydrogen-bond donors (Lipinski definition) is 1. The average Bonchev–Trinajstić information content (AvgIpc) is 3.51. The second-order valence-corrected chi connectivity index (χ2v) is 27.8. The summed E-state index contributed by atoms with van der Waals surface area (Å²) < 4.78 is 55.2. The standard InChI is InChI=1S/C40H55NO5Si.C24H37NO5/c1-40(2,3)47(32-17-8-6-9-18-32,33-19-10-7-11-20-33)45-25-15-12-16-31-29-41-23-22-30-26-37(42-4)38(43-5)27-34(30)35(41)28-36(31)46-39-21-13-14-24-44-39;1-27-22-13-17-9-10-25-16-18(7-3-5-11-26)21(30-24-8-4-6-12-29-24)15-20(25)19(17)14-23(22)28-2/h6-11,17-20,26-27,31,35-36,39H,12-16,21-25,28-29H2,1-5H3;13-14,18,20-21,24,26H,3-12,15-16H2,1-2H3/t31-,35-,36-,39?;18-,20-,21-,24?/m11/s1. The molecule has 4 aromatic carbocycles. The molecule has 13 heteroatoms. The van der Waals surface area contributed by atoms with Crippen molar-refractivity contribution in [1.29, 1.82) is 0 Å². The number of piperidine rings is 2. The number of unbranched alkanes of at least 4 members (excludes halogenated alkanes) is 2. The molecule has 6 aliphatic heterocycles. The van der Waals surface area contributed by atoms with Crippen LogP contribution in [0.2, 0.25) is 5.04 Å². The molecule has 0 radical (unpaired) electrons. The van der Waals surface area contributed by atoms with Gasteiger partial charge in [-0.15, -0.1) is 0 Å². The first-order chi connectivity index (χ1) is 37.6. The van der Waals surface area contributed by atoms with Gasteiger partial charge < -0.3 is 47.4 Å². The Balaban J connectivity index is 0.000000207. The molecular formula is C64H92N2O10Si. The Labute approximate surface area is 462 Å². The zero-order valence-corrected chi connectivity index (χ0v) is 48.7. The van der Waals surface area contributed by atoms with Crippen LogP contribution in [0.4, 0.5) is 0 Å². The molecule has 4 aromatic rings. The molecule has 0 aliphatic carbocycles. The summed E-state index contributed by atoms with van der Waals surface area (Å²) in [5, 5.41) is 11.9. The summed E-state index contributed by atoms with van der Waals surface area (Å²) in [4.78, 5) is 5.32. The van der Waals surface area contributed by atoms with Crippen LogP contribution in [0.1, 0.15) is 145 Å². The first-order valence-corrected chi connectivity index (χ1v) is 31.4. The average molecular weight is 1080 g/mol. The minimum atomic E-state index is -2.52. The number of ether oxygens (including phenoxy) is 8. The van der Waals surface area contributed by atoms with E-state index >= 15 is 0 Å². The Kier molecular flexibility index (Phi) is 20.5. The van der Waals surface area contributed by atoms with E-state index in [0.717, 1.165) is 159 Å². The first kappa shape index (κ1) is 57.7. The zero-order chi connectivity index (χ0) is 53.8. The summed E-state index contributed by atoms with van der Waals surface area (Å²) in [5.41, 5.74) is 5.45. The van der Waals surface area contributed by atoms with Gasteiger partial charge in [-0.1, -0.05) is 94.3 Å². The lowest BCUT2D eigenvalue weighted by Gasteiger charge is -2.48. The largest absolute Gasteiger partial charge is 0.493 e. The molecular weight excluding hydrogens is 985 g/mol. The Morgan fingerprint density at radius 1 is 0.571 bits per heavy atom. The number of benzene rings is 4. The van der Waals surface area contributed by atoms with Gasteiger partial charge in [0.05, 0.1) is 40.6 Å². The van der Waals surface area contributed by atoms with Gasteiger partial charge >= 0.3 is 0 Å². The van der Waals surface area contributed by atoms with Crippen molar-refractivity contribution < 1.29 is 47.4 Å². The van der Waals surface area contributed by atoms with Crippen LogP contribution in [0, 0.1) is 11.8 Å². The van der Waals surface area contributed by atoms with Crippen molar-refractivity contribution in [2.45, 2.75) is 165 Å². The number of methoxy groups -OCH3 is 4. The predicted molar refractivity (Wildman–Crippen MR) is 307 cm³/mol. The van der Waals surface area contributed by atoms with E-state index in [4.69, 9.17) is 42.3 Å². The van der Waals surface area contributed by atoms with Crippen molar-refractivity contribution in [2.75, 3.05) is 81.0 Å². The Hall–Kier alpha value is -4.02. The van der Waals surface area contributed by atoms with Crippen LogP contribution in [0.25, 0.3) is 0 Å². The molecule has 8 atom stereocenters. The fraction of sp³-hybridized carbons (Fsp3) is 0.625. The quantitative estimate of drug-likeness (QED) is 0.0672. The van der Waals surface area contributed by atoms with Gasteiger partial charge in [0.2, 0.25) is 0 Å². The Morgan fingerprint density at radius 3 is 1.42 bits per heavy atom. The molecule has 4 fully saturated rings. The fourth-order valence-corrected chi connectivity index (χ4v) is 18.3. The third kappa shape index (κ3) is 13.6. The number of nitrogens with zero attached hydrogens (tertiary/aromatic N) is 2. The smallest absolute Gasteiger partial charge is 0.261 e. The van der Waals surface area contributed by atoms with E-state index in [-0.39, 0.29) is 36.4 Å². The van der Waals surface area contributed by atoms with Crippen molar-refractivity contribution in [3.05, 3.63) is 107 Å². The van der Waals surface area contributed by atoms with Crippen LogP contribution in [-0.4, -0.2) is 129 Å². The maximum Gasteiger partial charge on any atom is 0.261 e. The minimum Gasteiger partial charge on any atom is -0.493 e. The zero-order valence-electron chi connectivity index (χ0n) is 47.7. The van der Waals surface area contributed by atoms with E-state index < -0.39 is 8.32 Å². The third-order valence-electron chi connectivity index (χ3n) is 17.7. The highest BCUT2D eigenvalue weighted by molar-refractivity contribution is 6.99. The summed E-state index contributed by atoms with van der Waals surface area (Å²) >= 11 is 0. The molecule has 0 aromatic heterocycles. The van der Waals surface area contributed by atoms with E-state index in [0.29, 0.717) is 23.9 Å². The van der Waals surface area contributed by atoms with E-state index in [9.17, 15) is 5.11 Å². The highest BCUT2D eigenvalue weighted by Gasteiger charge is 2.50. The predicted octanol–water partition coefficient (Wildman–Crippen LogP) is 11.0. The molecule has 0 saturated carbocycles. The maximum atomic E-state index is 9.23. The van der Waals surface area contributed by atoms with Gasteiger partial charge in [-0.25, -0.2) is 0 Å². The summed E-state index contributed by atoms with van der Waals surface area (Å²) in [7, 11) is 4.33. The lowest BCUT2D eigenvalue weighted by Crippen LogP contribution is -2.66. The highest BCUT2D eigenvalue weighted by atomic mass is 28.4. The number of aliphatic hydroxyl groups excluding tert-OH is 1. The molecule has 12 nitrogen and oxygen atoms in total. The highest BCUT2D eigenvalue weighted by Crippen LogP contribution is 2.47. The number of hydrogen-bond acceptors (Lipinski definition) is 12. The van der Waals surface area contributed by atoms with Crippen molar-refractivity contribution in [2.24, 2.45) is 11.8 Å². The van der Waals surface area contributed by atoms with Crippen LogP contribution in [0.3, 0.4) is 0 Å². The molecule has 2 unspecified atom stereocenters. The summed E-state index contributed by atoms with van der Waals surface area (Å²) in [5.74, 6) is 4.19. The van der Waals surface area contributed by atoms with Crippen molar-refractivity contribution in [3.63, 3.8) is 0 Å². The van der Waals surface area contributed by atoms with Gasteiger partial charge in [0, 0.05) is 64.7 Å². The lowest BCUT2D eigenvalue weighted by molar-refractivity contribution is -0.212. The molecule has 1 N–H and O–H groups in total. The van der Waals surface area contributed by atoms with Crippen molar-refractivity contribution in [1.82, 2.24) is 9.80 Å². The van der Waals surface area contributed by atoms with E-state index in [2.05, 4.69) is 116 Å². The molecule has 0 bridgehead atoms. The number of aliphatic hydroxyl groups is 1. The minimum absolute atomic E-state index is 0.00965. The van der Waals surface area contributed by atoms with Crippen LogP contribution in [-0.2, 0) is 36.2 Å². The van der Waals surface area contributed by atoms with Crippen LogP contribution >= 0.6 is 0 Å². The van der Waals surface area contributed by atoms with Gasteiger partial charge in [-0.3, -0.25) is 9.80 Å². The molecule has 4 saturated heterocycles. The molecule has 6 aliphatic rings. The van der Waals surface area contributed by atoms with Gasteiger partial charge in [-0.05, 0) is 164 Å². The van der Waals surface area contributed by atoms with Gasteiger partial charge in [0.25, 0.3) is 8.32 Å². The molecule has 0 spiro atoms. The molecule has 0 amide bonds. The van der Waals surface area contributed by atoms with Crippen LogP contribution in [0.15, 0.2) is 84.9 Å². The molecule has 422 valence electrons. The van der Waals surface area contributed by atoms with Gasteiger partial charge in [-0.2, -0.15) is 0 Å². The number of fused-ring (bicyclic) bond motifs is 6. The van der Waals surface area contributed by atoms with Gasteiger partial charge in [0.1, 0.15) is 0 Å². The second kappa shape index (κ2) is 27.4. The Morgan fingerprint density at radius 2 is 1.01 bits per heavy atom. The fourth-order valence-electron chi connectivity index (χ4n) is 13.7. The summed E-state index contributed by atoms with van der Waals surface area (Å²) in [6, 6.07) is 31.4. The molecule has 77 heavy (non-hydrogen) atoms. The van der Waals surface area contributed by atoms with Crippen LogP contribution < -0.4 is 29.3 Å². The van der Waals surface area contributed by atoms with Crippen molar-refractivity contribution in [3.8, 4) is 23.0 Å². The summed E-state index contributed by atoms with van der Waals surface area (Å²) in [6.45, 7) is 13.9. The second-order valence-electron chi connectivity index (χ2n) is 23.5. The summed E-state index contributed by atoms with van der Waals surface area (Å²) in [6.07, 6.45) is 17.1. The topological polar surface area (TPSA) is 110 Å². The number of rotatable bonds is 20. The lowest BCUT2D eigenvalue weighted by atomic mass is 9.80. The van der Waals surface area contributed by atoms with E-state index in [1.54, 1.807) is 28.4 Å². The SMILES string of the molecule is COc1cc2c(cc1OC)[C@H]1C[C@@H](OC3CCCCO3)[C@H](CCCCO)CN1CC2.COc1cc2c(cc1OC)[C@H]1C[C@@H](OC3CCCCO3)[C@H](CCCCO[Si](c3ccccc3)(c3ccccc3)C(C)(C)C)CN1CC2. The van der Waals surface area contributed by atoms with Gasteiger partial charge in [0.15, 0.2) is 35.6 Å². The van der Waals surface area contributed by atoms with Crippen LogP contribution in [0.5, 0.6) is 23.0 Å². The third-order valence-corrected chi connectivity index (χ3v) is 22.8. The van der Waals surface area contributed by atoms with E-state index in [1.165, 1.54) is 45.5 Å². The molecule has 6 heterocycles. The first-order valence-electron chi connectivity index (χ1n) is 29.4. The monoisotopic (exact) mass is 1080 g/mol.